The van der Waals surface area contributed by atoms with E-state index in [-0.39, 0.29) is 17.3 Å². The van der Waals surface area contributed by atoms with Crippen molar-refractivity contribution in [2.24, 2.45) is 11.1 Å². The molecule has 3 N–H and O–H groups in total. The number of anilines is 1. The van der Waals surface area contributed by atoms with Crippen LogP contribution in [-0.4, -0.2) is 5.91 Å². The van der Waals surface area contributed by atoms with Gasteiger partial charge in [-0.1, -0.05) is 39.2 Å². The van der Waals surface area contributed by atoms with Gasteiger partial charge in [0.15, 0.2) is 0 Å². The van der Waals surface area contributed by atoms with E-state index in [9.17, 15) is 9.18 Å². The number of halogens is 1. The molecule has 3 nitrogen and oxygen atoms in total. The summed E-state index contributed by atoms with van der Waals surface area (Å²) in [5.74, 6) is -0.0872. The molecule has 28 heavy (non-hydrogen) atoms. The first kappa shape index (κ1) is 19.0. The molecule has 0 saturated heterocycles. The van der Waals surface area contributed by atoms with Crippen LogP contribution in [0.3, 0.4) is 0 Å². The molecule has 1 aliphatic carbocycles. The summed E-state index contributed by atoms with van der Waals surface area (Å²) in [5, 5.41) is 3.61. The number of nitrogens with one attached hydrogen (secondary N) is 1. The second kappa shape index (κ2) is 7.23. The molecule has 1 atom stereocenters. The molecule has 1 heterocycles. The van der Waals surface area contributed by atoms with Gasteiger partial charge in [-0.05, 0) is 77.6 Å². The van der Waals surface area contributed by atoms with E-state index in [4.69, 9.17) is 5.73 Å². The van der Waals surface area contributed by atoms with E-state index >= 15 is 0 Å². The van der Waals surface area contributed by atoms with Gasteiger partial charge in [0.2, 0.25) is 5.91 Å². The lowest BCUT2D eigenvalue weighted by molar-refractivity contribution is 0.1000. The second-order valence-corrected chi connectivity index (χ2v) is 9.13. The molecule has 1 amide bonds. The van der Waals surface area contributed by atoms with Crippen LogP contribution in [0.15, 0.2) is 36.4 Å². The first-order valence-electron chi connectivity index (χ1n) is 10.3. The Bertz CT molecular complexity index is 899. The summed E-state index contributed by atoms with van der Waals surface area (Å²) in [6, 6.07) is 11.2. The van der Waals surface area contributed by atoms with E-state index < -0.39 is 5.91 Å². The van der Waals surface area contributed by atoms with Crippen molar-refractivity contribution in [2.45, 2.75) is 64.3 Å². The highest BCUT2D eigenvalue weighted by molar-refractivity contribution is 5.93. The first-order chi connectivity index (χ1) is 13.3. The lowest BCUT2D eigenvalue weighted by Crippen LogP contribution is -2.35. The number of amides is 1. The van der Waals surface area contributed by atoms with Crippen LogP contribution in [0, 0.1) is 11.2 Å². The second-order valence-electron chi connectivity index (χ2n) is 9.13. The molecule has 1 aliphatic heterocycles. The Kier molecular flexibility index (Phi) is 4.90. The Hall–Kier alpha value is -2.36. The van der Waals surface area contributed by atoms with Crippen LogP contribution in [0.5, 0.6) is 0 Å². The maximum absolute atomic E-state index is 14.5. The minimum absolute atomic E-state index is 0.0115. The fourth-order valence-corrected chi connectivity index (χ4v) is 4.99. The number of benzene rings is 2. The zero-order valence-corrected chi connectivity index (χ0v) is 16.7. The topological polar surface area (TPSA) is 55.1 Å². The Morgan fingerprint density at radius 3 is 2.50 bits per heavy atom. The number of fused-ring (bicyclic) bond motifs is 1. The summed E-state index contributed by atoms with van der Waals surface area (Å²) < 4.78 is 14.5. The zero-order valence-electron chi connectivity index (χ0n) is 16.7. The molecule has 0 aromatic heterocycles. The highest BCUT2D eigenvalue weighted by Gasteiger charge is 2.36. The van der Waals surface area contributed by atoms with Crippen LogP contribution in [-0.2, 0) is 6.42 Å². The van der Waals surface area contributed by atoms with E-state index in [1.807, 2.05) is 12.1 Å². The van der Waals surface area contributed by atoms with Gasteiger partial charge in [0, 0.05) is 11.3 Å². The molecule has 1 fully saturated rings. The maximum atomic E-state index is 14.5. The predicted molar refractivity (Wildman–Crippen MR) is 111 cm³/mol. The number of rotatable bonds is 3. The molecule has 0 spiro atoms. The molecular formula is C24H29FN2O. The van der Waals surface area contributed by atoms with Gasteiger partial charge in [0.1, 0.15) is 5.82 Å². The number of carbonyl (C=O) groups excluding carboxylic acids is 1. The summed E-state index contributed by atoms with van der Waals surface area (Å²) in [6.07, 6.45) is 6.88. The van der Waals surface area contributed by atoms with Crippen molar-refractivity contribution in [3.63, 3.8) is 0 Å². The molecule has 4 rings (SSSR count). The van der Waals surface area contributed by atoms with Gasteiger partial charge in [0.05, 0.1) is 6.04 Å². The summed E-state index contributed by atoms with van der Waals surface area (Å²) >= 11 is 0. The number of nitrogens with two attached hydrogens (primary N) is 1. The summed E-state index contributed by atoms with van der Waals surface area (Å²) in [4.78, 5) is 11.5. The molecule has 0 radical (unpaired) electrons. The quantitative estimate of drug-likeness (QED) is 0.717. The van der Waals surface area contributed by atoms with Crippen LogP contribution in [0.2, 0.25) is 0 Å². The number of hydrogen-bond acceptors (Lipinski definition) is 2. The molecule has 2 aromatic rings. The minimum atomic E-state index is -0.412. The summed E-state index contributed by atoms with van der Waals surface area (Å²) in [6.45, 7) is 4.38. The Morgan fingerprint density at radius 2 is 1.79 bits per heavy atom. The lowest BCUT2D eigenvalue weighted by Gasteiger charge is -2.41. The third-order valence-electron chi connectivity index (χ3n) is 6.47. The lowest BCUT2D eigenvalue weighted by atomic mass is 9.72. The SMILES string of the molecule is CC1(C)Cc2cc(C(N)=O)ccc2NC1c1cc(F)cc(C2CCCCC2)c1. The van der Waals surface area contributed by atoms with Crippen molar-refractivity contribution in [2.75, 3.05) is 5.32 Å². The van der Waals surface area contributed by atoms with E-state index in [0.29, 0.717) is 11.5 Å². The third kappa shape index (κ3) is 3.65. The fourth-order valence-electron chi connectivity index (χ4n) is 4.99. The average Bonchev–Trinajstić information content (AvgIpc) is 2.66. The van der Waals surface area contributed by atoms with E-state index in [2.05, 4.69) is 25.2 Å². The molecule has 0 bridgehead atoms. The molecule has 2 aliphatic rings. The van der Waals surface area contributed by atoms with Gasteiger partial charge in [0.25, 0.3) is 0 Å². The Balaban J connectivity index is 1.68. The first-order valence-corrected chi connectivity index (χ1v) is 10.3. The molecule has 4 heteroatoms. The van der Waals surface area contributed by atoms with Crippen molar-refractivity contribution in [3.05, 3.63) is 64.5 Å². The standard InChI is InChI=1S/C24H29FN2O/c1-24(2)14-19-10-16(23(26)28)8-9-21(19)27-22(24)18-11-17(12-20(25)13-18)15-6-4-3-5-7-15/h8-13,15,22,27H,3-7,14H2,1-2H3,(H2,26,28). The van der Waals surface area contributed by atoms with Crippen LogP contribution in [0.25, 0.3) is 0 Å². The van der Waals surface area contributed by atoms with Gasteiger partial charge >= 0.3 is 0 Å². The van der Waals surface area contributed by atoms with Gasteiger partial charge in [-0.2, -0.15) is 0 Å². The number of carbonyl (C=O) groups is 1. The smallest absolute Gasteiger partial charge is 0.248 e. The van der Waals surface area contributed by atoms with Gasteiger partial charge in [-0.25, -0.2) is 4.39 Å². The van der Waals surface area contributed by atoms with Crippen LogP contribution in [0.1, 0.15) is 85.0 Å². The van der Waals surface area contributed by atoms with Crippen molar-refractivity contribution < 1.29 is 9.18 Å². The van der Waals surface area contributed by atoms with Crippen LogP contribution in [0.4, 0.5) is 10.1 Å². The Labute approximate surface area is 166 Å². The maximum Gasteiger partial charge on any atom is 0.248 e. The van der Waals surface area contributed by atoms with Crippen molar-refractivity contribution in [3.8, 4) is 0 Å². The van der Waals surface area contributed by atoms with Crippen LogP contribution < -0.4 is 11.1 Å². The third-order valence-corrected chi connectivity index (χ3v) is 6.47. The van der Waals surface area contributed by atoms with E-state index in [1.165, 1.54) is 19.3 Å². The van der Waals surface area contributed by atoms with Crippen molar-refractivity contribution in [1.29, 1.82) is 0 Å². The molecule has 1 saturated carbocycles. The number of primary amides is 1. The molecule has 148 valence electrons. The minimum Gasteiger partial charge on any atom is -0.377 e. The highest BCUT2D eigenvalue weighted by atomic mass is 19.1. The molecule has 2 aromatic carbocycles. The van der Waals surface area contributed by atoms with Crippen molar-refractivity contribution >= 4 is 11.6 Å². The van der Waals surface area contributed by atoms with Gasteiger partial charge < -0.3 is 11.1 Å². The number of hydrogen-bond donors (Lipinski definition) is 2. The summed E-state index contributed by atoms with van der Waals surface area (Å²) in [5.41, 5.74) is 10.1. The molecule has 1 unspecified atom stereocenters. The highest BCUT2D eigenvalue weighted by Crippen LogP contribution is 2.46. The fraction of sp³-hybridized carbons (Fsp3) is 0.458. The van der Waals surface area contributed by atoms with E-state index in [0.717, 1.165) is 41.6 Å². The Morgan fingerprint density at radius 1 is 1.07 bits per heavy atom. The monoisotopic (exact) mass is 380 g/mol. The van der Waals surface area contributed by atoms with Gasteiger partial charge in [-0.15, -0.1) is 0 Å². The van der Waals surface area contributed by atoms with E-state index in [1.54, 1.807) is 18.2 Å². The normalized spacial score (nSPS) is 21.6. The summed E-state index contributed by atoms with van der Waals surface area (Å²) in [7, 11) is 0. The zero-order chi connectivity index (χ0) is 19.9. The average molecular weight is 381 g/mol. The largest absolute Gasteiger partial charge is 0.377 e. The van der Waals surface area contributed by atoms with Crippen LogP contribution >= 0.6 is 0 Å². The molecular weight excluding hydrogens is 351 g/mol. The van der Waals surface area contributed by atoms with Gasteiger partial charge in [-0.3, -0.25) is 4.79 Å². The predicted octanol–water partition coefficient (Wildman–Crippen LogP) is 5.71. The van der Waals surface area contributed by atoms with Crippen molar-refractivity contribution in [1.82, 2.24) is 0 Å².